The van der Waals surface area contributed by atoms with Crippen molar-refractivity contribution in [3.63, 3.8) is 0 Å². The van der Waals surface area contributed by atoms with Crippen LogP contribution in [0.2, 0.25) is 0 Å². The van der Waals surface area contributed by atoms with Gasteiger partial charge in [-0.05, 0) is 13.0 Å². The summed E-state index contributed by atoms with van der Waals surface area (Å²) in [5, 5.41) is 8.90. The molecule has 0 aromatic carbocycles. The number of nitrogens with zero attached hydrogens (tertiary/aromatic N) is 1. The first-order valence-electron chi connectivity index (χ1n) is 5.71. The average molecular weight is 215 g/mol. The van der Waals surface area contributed by atoms with E-state index in [9.17, 15) is 4.79 Å². The van der Waals surface area contributed by atoms with Crippen LogP contribution < -0.4 is 0 Å². The highest BCUT2D eigenvalue weighted by molar-refractivity contribution is 5.82. The highest BCUT2D eigenvalue weighted by atomic mass is 16.5. The van der Waals surface area contributed by atoms with E-state index in [0.717, 1.165) is 19.5 Å². The molecule has 0 radical (unpaired) electrons. The maximum absolute atomic E-state index is 11.6. The van der Waals surface area contributed by atoms with E-state index in [1.54, 1.807) is 0 Å². The third kappa shape index (κ3) is 4.28. The Hall–Kier alpha value is -0.450. The van der Waals surface area contributed by atoms with Crippen LogP contribution in [0.15, 0.2) is 0 Å². The number of aliphatic hydroxyl groups is 1. The molecule has 0 saturated carbocycles. The normalized spacial score (nSPS) is 22.3. The zero-order chi connectivity index (χ0) is 11.1. The van der Waals surface area contributed by atoms with Gasteiger partial charge >= 0.3 is 0 Å². The Morgan fingerprint density at radius 3 is 2.93 bits per heavy atom. The van der Waals surface area contributed by atoms with Crippen molar-refractivity contribution in [2.75, 3.05) is 39.5 Å². The zero-order valence-corrected chi connectivity index (χ0v) is 9.45. The lowest BCUT2D eigenvalue weighted by atomic mass is 10.00. The van der Waals surface area contributed by atoms with Crippen molar-refractivity contribution in [2.45, 2.75) is 19.8 Å². The molecule has 1 N–H and O–H groups in total. The van der Waals surface area contributed by atoms with E-state index in [2.05, 4.69) is 11.8 Å². The number of carbonyl (C=O) groups is 1. The molecule has 1 rings (SSSR count). The number of ether oxygens (including phenoxy) is 1. The van der Waals surface area contributed by atoms with Crippen molar-refractivity contribution < 1.29 is 14.6 Å². The Balaban J connectivity index is 2.37. The van der Waals surface area contributed by atoms with Gasteiger partial charge in [-0.25, -0.2) is 0 Å². The Kier molecular flexibility index (Phi) is 5.83. The number of hydrogen-bond donors (Lipinski definition) is 1. The number of hydrogen-bond acceptors (Lipinski definition) is 4. The highest BCUT2D eigenvalue weighted by Crippen LogP contribution is 2.11. The molecule has 1 saturated heterocycles. The molecule has 4 nitrogen and oxygen atoms in total. The van der Waals surface area contributed by atoms with Gasteiger partial charge in [0.15, 0.2) is 0 Å². The molecule has 1 aliphatic rings. The lowest BCUT2D eigenvalue weighted by molar-refractivity contribution is -0.131. The van der Waals surface area contributed by atoms with Crippen LogP contribution in [-0.2, 0) is 9.53 Å². The topological polar surface area (TPSA) is 49.8 Å². The summed E-state index contributed by atoms with van der Waals surface area (Å²) in [4.78, 5) is 13.7. The number of Topliss-reactive ketones (excluding diaryl/α,β-unsaturated/α-hetero) is 1. The van der Waals surface area contributed by atoms with Crippen LogP contribution in [0.1, 0.15) is 19.8 Å². The molecule has 0 aromatic heterocycles. The quantitative estimate of drug-likeness (QED) is 0.692. The predicted octanol–water partition coefficient (Wildman–Crippen LogP) is 0.296. The standard InChI is InChI=1S/C11H21NO3/c1-2-4-12(5-6-13)8-10-9-15-7-3-11(10)14/h10,13H,2-9H2,1H3. The van der Waals surface area contributed by atoms with Gasteiger partial charge in [0.1, 0.15) is 5.78 Å². The lowest BCUT2D eigenvalue weighted by Crippen LogP contribution is -2.40. The van der Waals surface area contributed by atoms with Gasteiger partial charge in [-0.3, -0.25) is 4.79 Å². The van der Waals surface area contributed by atoms with Gasteiger partial charge in [0.2, 0.25) is 0 Å². The Morgan fingerprint density at radius 1 is 1.53 bits per heavy atom. The first kappa shape index (κ1) is 12.6. The van der Waals surface area contributed by atoms with Crippen LogP contribution in [0, 0.1) is 5.92 Å². The summed E-state index contributed by atoms with van der Waals surface area (Å²) in [5.41, 5.74) is 0. The summed E-state index contributed by atoms with van der Waals surface area (Å²) in [6, 6.07) is 0. The summed E-state index contributed by atoms with van der Waals surface area (Å²) in [5.74, 6) is 0.317. The van der Waals surface area contributed by atoms with Crippen molar-refractivity contribution in [1.29, 1.82) is 0 Å². The molecule has 0 bridgehead atoms. The van der Waals surface area contributed by atoms with Crippen molar-refractivity contribution >= 4 is 5.78 Å². The Labute approximate surface area is 91.2 Å². The molecule has 1 atom stereocenters. The van der Waals surface area contributed by atoms with Gasteiger partial charge in [0.25, 0.3) is 0 Å². The maximum atomic E-state index is 11.6. The molecule has 0 spiro atoms. The van der Waals surface area contributed by atoms with Gasteiger partial charge in [-0.15, -0.1) is 0 Å². The fourth-order valence-electron chi connectivity index (χ4n) is 1.91. The maximum Gasteiger partial charge on any atom is 0.141 e. The van der Waals surface area contributed by atoms with E-state index in [1.165, 1.54) is 0 Å². The summed E-state index contributed by atoms with van der Waals surface area (Å²) >= 11 is 0. The first-order valence-corrected chi connectivity index (χ1v) is 5.71. The lowest BCUT2D eigenvalue weighted by Gasteiger charge is -2.28. The predicted molar refractivity (Wildman–Crippen MR) is 57.7 cm³/mol. The molecule has 0 amide bonds. The minimum Gasteiger partial charge on any atom is -0.395 e. The third-order valence-corrected chi connectivity index (χ3v) is 2.70. The van der Waals surface area contributed by atoms with Gasteiger partial charge in [0.05, 0.1) is 25.7 Å². The Bertz CT molecular complexity index is 190. The fraction of sp³-hybridized carbons (Fsp3) is 0.909. The van der Waals surface area contributed by atoms with Gasteiger partial charge in [-0.1, -0.05) is 6.92 Å². The molecule has 0 aliphatic carbocycles. The van der Waals surface area contributed by atoms with Crippen LogP contribution >= 0.6 is 0 Å². The molecule has 1 aliphatic heterocycles. The van der Waals surface area contributed by atoms with Gasteiger partial charge < -0.3 is 14.7 Å². The van der Waals surface area contributed by atoms with Crippen LogP contribution in [-0.4, -0.2) is 55.2 Å². The van der Waals surface area contributed by atoms with E-state index in [0.29, 0.717) is 32.0 Å². The number of ketones is 1. The van der Waals surface area contributed by atoms with Crippen LogP contribution in [0.5, 0.6) is 0 Å². The molecular formula is C11H21NO3. The SMILES string of the molecule is CCCN(CCO)CC1COCCC1=O. The van der Waals surface area contributed by atoms with E-state index < -0.39 is 0 Å². The van der Waals surface area contributed by atoms with E-state index in [4.69, 9.17) is 9.84 Å². The smallest absolute Gasteiger partial charge is 0.141 e. The monoisotopic (exact) mass is 215 g/mol. The van der Waals surface area contributed by atoms with Crippen molar-refractivity contribution in [3.8, 4) is 0 Å². The summed E-state index contributed by atoms with van der Waals surface area (Å²) in [6.45, 7) is 5.69. The van der Waals surface area contributed by atoms with Crippen LogP contribution in [0.4, 0.5) is 0 Å². The van der Waals surface area contributed by atoms with Crippen LogP contribution in [0.25, 0.3) is 0 Å². The summed E-state index contributed by atoms with van der Waals surface area (Å²) in [7, 11) is 0. The fourth-order valence-corrected chi connectivity index (χ4v) is 1.91. The highest BCUT2D eigenvalue weighted by Gasteiger charge is 2.24. The Morgan fingerprint density at radius 2 is 2.33 bits per heavy atom. The zero-order valence-electron chi connectivity index (χ0n) is 9.45. The number of carbonyl (C=O) groups excluding carboxylic acids is 1. The molecule has 88 valence electrons. The molecule has 15 heavy (non-hydrogen) atoms. The second-order valence-electron chi connectivity index (χ2n) is 4.01. The van der Waals surface area contributed by atoms with Crippen molar-refractivity contribution in [3.05, 3.63) is 0 Å². The summed E-state index contributed by atoms with van der Waals surface area (Å²) in [6.07, 6.45) is 1.59. The molecule has 0 aromatic rings. The number of rotatable bonds is 6. The van der Waals surface area contributed by atoms with E-state index in [1.807, 2.05) is 0 Å². The first-order chi connectivity index (χ1) is 7.27. The van der Waals surface area contributed by atoms with Gasteiger partial charge in [-0.2, -0.15) is 0 Å². The second kappa shape index (κ2) is 6.93. The second-order valence-corrected chi connectivity index (χ2v) is 4.01. The minimum atomic E-state index is 0.0110. The van der Waals surface area contributed by atoms with E-state index in [-0.39, 0.29) is 12.5 Å². The summed E-state index contributed by atoms with van der Waals surface area (Å²) < 4.78 is 5.30. The number of aliphatic hydroxyl groups excluding tert-OH is 1. The minimum absolute atomic E-state index is 0.0110. The molecule has 1 unspecified atom stereocenters. The third-order valence-electron chi connectivity index (χ3n) is 2.70. The molecular weight excluding hydrogens is 194 g/mol. The van der Waals surface area contributed by atoms with Gasteiger partial charge in [0, 0.05) is 19.5 Å². The average Bonchev–Trinajstić information content (AvgIpc) is 2.22. The molecule has 1 fully saturated rings. The van der Waals surface area contributed by atoms with Crippen molar-refractivity contribution in [2.24, 2.45) is 5.92 Å². The molecule has 4 heteroatoms. The van der Waals surface area contributed by atoms with Crippen LogP contribution in [0.3, 0.4) is 0 Å². The molecule has 1 heterocycles. The van der Waals surface area contributed by atoms with Crippen molar-refractivity contribution in [1.82, 2.24) is 4.90 Å². The van der Waals surface area contributed by atoms with E-state index >= 15 is 0 Å². The largest absolute Gasteiger partial charge is 0.395 e.